The number of rotatable bonds is 3. The molecule has 0 fully saturated rings. The Morgan fingerprint density at radius 2 is 1.52 bits per heavy atom. The average molecular weight is 436 g/mol. The van der Waals surface area contributed by atoms with Crippen molar-refractivity contribution in [2.45, 2.75) is 9.79 Å². The Balaban J connectivity index is 2.35. The van der Waals surface area contributed by atoms with Gasteiger partial charge in [-0.15, -0.1) is 0 Å². The first-order valence-corrected chi connectivity index (χ1v) is 11.1. The maximum atomic E-state index is 11.7. The molecule has 0 saturated carbocycles. The zero-order valence-corrected chi connectivity index (χ0v) is 17.1. The van der Waals surface area contributed by atoms with Gasteiger partial charge < -0.3 is 5.11 Å². The molecule has 2 aromatic carbocycles. The fourth-order valence-electron chi connectivity index (χ4n) is 2.90. The summed E-state index contributed by atoms with van der Waals surface area (Å²) in [6.45, 7) is 0. The summed E-state index contributed by atoms with van der Waals surface area (Å²) < 4.78 is 67.0. The largest absolute Gasteiger partial charge is 0.506 e. The molecular weight excluding hydrogens is 418 g/mol. The molecule has 0 amide bonds. The van der Waals surface area contributed by atoms with Crippen LogP contribution in [0.2, 0.25) is 0 Å². The molecule has 0 radical (unpaired) electrons. The van der Waals surface area contributed by atoms with Gasteiger partial charge in [-0.3, -0.25) is 9.11 Å². The van der Waals surface area contributed by atoms with Crippen LogP contribution in [-0.4, -0.2) is 55.4 Å². The van der Waals surface area contributed by atoms with Crippen LogP contribution in [0, 0.1) is 0 Å². The molecule has 1 aliphatic rings. The number of hydrogen-bond acceptors (Lipinski definition) is 5. The summed E-state index contributed by atoms with van der Waals surface area (Å²) in [6.07, 6.45) is 8.53. The van der Waals surface area contributed by atoms with Crippen LogP contribution in [0.15, 0.2) is 63.9 Å². The Labute approximate surface area is 167 Å². The molecule has 10 heteroatoms. The second kappa shape index (κ2) is 7.23. The molecule has 0 saturated heterocycles. The lowest BCUT2D eigenvalue weighted by atomic mass is 9.99. The van der Waals surface area contributed by atoms with Crippen molar-refractivity contribution in [1.29, 1.82) is 0 Å². The molecule has 29 heavy (non-hydrogen) atoms. The van der Waals surface area contributed by atoms with E-state index in [4.69, 9.17) is 0 Å². The van der Waals surface area contributed by atoms with Crippen molar-refractivity contribution in [2.75, 3.05) is 14.1 Å². The van der Waals surface area contributed by atoms with E-state index in [1.165, 1.54) is 12.1 Å². The van der Waals surface area contributed by atoms with Crippen molar-refractivity contribution in [2.24, 2.45) is 0 Å². The third kappa shape index (κ3) is 4.30. The highest BCUT2D eigenvalue weighted by molar-refractivity contribution is 7.86. The fraction of sp³-hybridized carbons (Fsp3) is 0.105. The summed E-state index contributed by atoms with van der Waals surface area (Å²) in [5.74, 6) is -0.732. The molecule has 0 spiro atoms. The highest BCUT2D eigenvalue weighted by Gasteiger charge is 2.22. The van der Waals surface area contributed by atoms with Crippen LogP contribution in [0.3, 0.4) is 0 Å². The number of phenols is 1. The van der Waals surface area contributed by atoms with Crippen molar-refractivity contribution in [3.05, 3.63) is 59.7 Å². The average Bonchev–Trinajstić information content (AvgIpc) is 2.62. The van der Waals surface area contributed by atoms with Gasteiger partial charge in [0, 0.05) is 17.7 Å². The predicted molar refractivity (Wildman–Crippen MR) is 109 cm³/mol. The Bertz CT molecular complexity index is 1340. The zero-order chi connectivity index (χ0) is 21.6. The predicted octanol–water partition coefficient (Wildman–Crippen LogP) is 2.26. The normalized spacial score (nSPS) is 14.5. The highest BCUT2D eigenvalue weighted by atomic mass is 32.2. The molecule has 0 heterocycles. The van der Waals surface area contributed by atoms with Crippen LogP contribution in [0.4, 0.5) is 0 Å². The second-order valence-corrected chi connectivity index (χ2v) is 9.41. The molecular formula is C19H18NO7S2+. The molecule has 2 aromatic rings. The van der Waals surface area contributed by atoms with Crippen molar-refractivity contribution < 1.29 is 35.6 Å². The smallest absolute Gasteiger partial charge is 0.298 e. The van der Waals surface area contributed by atoms with Gasteiger partial charge in [-0.2, -0.15) is 16.8 Å². The van der Waals surface area contributed by atoms with Crippen LogP contribution in [-0.2, 0) is 20.2 Å². The molecule has 0 unspecified atom stereocenters. The topological polar surface area (TPSA) is 132 Å². The van der Waals surface area contributed by atoms with E-state index in [2.05, 4.69) is 0 Å². The minimum atomic E-state index is -4.74. The molecule has 0 bridgehead atoms. The van der Waals surface area contributed by atoms with Gasteiger partial charge in [0.2, 0.25) is 0 Å². The molecule has 0 aliphatic heterocycles. The zero-order valence-electron chi connectivity index (χ0n) is 15.4. The molecule has 0 atom stereocenters. The standard InChI is InChI=1S/C19H17NO7S2/c1-20(2)14-6-3-12(4-7-14)9-17-16-11-15(28(22,23)24)8-5-13(16)10-18(19(17)21)29(25,26)27/h3-11H,1-2H3,(H2,22,23,24,25,26,27)/p+1. The Hall–Kier alpha value is -2.79. The number of nitrogens with zero attached hydrogens (tertiary/aromatic N) is 1. The SMILES string of the molecule is C[N+](C)=C1C=CC(=Cc2c(O)c(S(=O)(=O)O)cc3ccc(S(=O)(=O)O)cc23)C=C1. The summed E-state index contributed by atoms with van der Waals surface area (Å²) in [6, 6.07) is 4.52. The van der Waals surface area contributed by atoms with Gasteiger partial charge in [0.05, 0.1) is 4.90 Å². The summed E-state index contributed by atoms with van der Waals surface area (Å²) in [5, 5.41) is 11.0. The summed E-state index contributed by atoms with van der Waals surface area (Å²) in [4.78, 5) is -1.12. The van der Waals surface area contributed by atoms with Crippen molar-refractivity contribution in [3.8, 4) is 5.75 Å². The Morgan fingerprint density at radius 3 is 2.03 bits per heavy atom. The van der Waals surface area contributed by atoms with Gasteiger partial charge in [-0.25, -0.2) is 4.58 Å². The van der Waals surface area contributed by atoms with Crippen LogP contribution >= 0.6 is 0 Å². The quantitative estimate of drug-likeness (QED) is 0.497. The lowest BCUT2D eigenvalue weighted by Gasteiger charge is -2.12. The first kappa shape index (κ1) is 20.9. The summed E-state index contributed by atoms with van der Waals surface area (Å²) >= 11 is 0. The summed E-state index contributed by atoms with van der Waals surface area (Å²) in [5.41, 5.74) is 1.49. The fourth-order valence-corrected chi connectivity index (χ4v) is 4.04. The molecule has 0 aromatic heterocycles. The maximum Gasteiger partial charge on any atom is 0.298 e. The number of aromatic hydroxyl groups is 1. The van der Waals surface area contributed by atoms with E-state index in [1.54, 1.807) is 24.3 Å². The van der Waals surface area contributed by atoms with E-state index in [1.807, 2.05) is 18.7 Å². The molecule has 3 rings (SSSR count). The van der Waals surface area contributed by atoms with Gasteiger partial charge in [0.1, 0.15) is 24.7 Å². The van der Waals surface area contributed by atoms with Gasteiger partial charge in [0.25, 0.3) is 20.2 Å². The number of phenolic OH excluding ortho intramolecular Hbond substituents is 1. The second-order valence-electron chi connectivity index (χ2n) is 6.60. The lowest BCUT2D eigenvalue weighted by molar-refractivity contribution is -0.462. The minimum Gasteiger partial charge on any atom is -0.506 e. The van der Waals surface area contributed by atoms with Crippen LogP contribution in [0.25, 0.3) is 16.8 Å². The van der Waals surface area contributed by atoms with Crippen LogP contribution in [0.5, 0.6) is 5.75 Å². The van der Waals surface area contributed by atoms with E-state index in [0.717, 1.165) is 23.9 Å². The highest BCUT2D eigenvalue weighted by Crippen LogP contribution is 2.37. The van der Waals surface area contributed by atoms with E-state index in [9.17, 15) is 31.0 Å². The molecule has 8 nitrogen and oxygen atoms in total. The van der Waals surface area contributed by atoms with Gasteiger partial charge in [0.15, 0.2) is 5.71 Å². The molecule has 3 N–H and O–H groups in total. The number of hydrogen-bond donors (Lipinski definition) is 3. The third-order valence-corrected chi connectivity index (χ3v) is 6.10. The van der Waals surface area contributed by atoms with Crippen LogP contribution < -0.4 is 0 Å². The van der Waals surface area contributed by atoms with Gasteiger partial charge >= 0.3 is 0 Å². The van der Waals surface area contributed by atoms with E-state index in [0.29, 0.717) is 5.57 Å². The third-order valence-electron chi connectivity index (χ3n) is 4.39. The van der Waals surface area contributed by atoms with Crippen molar-refractivity contribution in [3.63, 3.8) is 0 Å². The monoisotopic (exact) mass is 436 g/mol. The molecule has 152 valence electrons. The lowest BCUT2D eigenvalue weighted by Crippen LogP contribution is -2.09. The van der Waals surface area contributed by atoms with Crippen molar-refractivity contribution >= 4 is 42.8 Å². The number of benzene rings is 2. The number of allylic oxidation sites excluding steroid dienone is 5. The van der Waals surface area contributed by atoms with Gasteiger partial charge in [-0.05, 0) is 52.8 Å². The first-order valence-electron chi connectivity index (χ1n) is 8.25. The summed E-state index contributed by atoms with van der Waals surface area (Å²) in [7, 11) is -5.53. The van der Waals surface area contributed by atoms with E-state index in [-0.39, 0.29) is 16.3 Å². The van der Waals surface area contributed by atoms with E-state index < -0.39 is 35.8 Å². The van der Waals surface area contributed by atoms with E-state index >= 15 is 0 Å². The van der Waals surface area contributed by atoms with Crippen molar-refractivity contribution in [1.82, 2.24) is 0 Å². The maximum absolute atomic E-state index is 11.7. The first-order chi connectivity index (χ1) is 13.4. The molecule has 1 aliphatic carbocycles. The Morgan fingerprint density at radius 1 is 0.897 bits per heavy atom. The number of fused-ring (bicyclic) bond motifs is 1. The Kier molecular flexibility index (Phi) is 5.22. The minimum absolute atomic E-state index is 0.0155. The van der Waals surface area contributed by atoms with Gasteiger partial charge in [-0.1, -0.05) is 6.07 Å². The van der Waals surface area contributed by atoms with Crippen LogP contribution in [0.1, 0.15) is 5.56 Å².